The number of carbonyl (C=O) groups is 2. The van der Waals surface area contributed by atoms with Crippen LogP contribution in [0.15, 0.2) is 24.3 Å². The molecule has 2 aliphatic rings. The first-order valence-electron chi connectivity index (χ1n) is 9.16. The summed E-state index contributed by atoms with van der Waals surface area (Å²) in [5, 5.41) is 2.69. The van der Waals surface area contributed by atoms with Crippen molar-refractivity contribution in [2.24, 2.45) is 5.92 Å². The lowest BCUT2D eigenvalue weighted by atomic mass is 9.88. The number of carbonyl (C=O) groups excluding carboxylic acids is 2. The maximum absolute atomic E-state index is 13.2. The maximum atomic E-state index is 13.2. The third kappa shape index (κ3) is 3.89. The molecule has 8 heteroatoms. The van der Waals surface area contributed by atoms with Crippen molar-refractivity contribution in [2.45, 2.75) is 51.2 Å². The Hall–Kier alpha value is -2.25. The second kappa shape index (κ2) is 7.05. The molecule has 0 spiro atoms. The molecule has 1 N–H and O–H groups in total. The van der Waals surface area contributed by atoms with E-state index in [1.807, 2.05) is 0 Å². The Morgan fingerprint density at radius 3 is 2.59 bits per heavy atom. The van der Waals surface area contributed by atoms with Crippen LogP contribution in [-0.2, 0) is 4.79 Å². The highest BCUT2D eigenvalue weighted by Gasteiger charge is 2.56. The van der Waals surface area contributed by atoms with E-state index in [9.17, 15) is 22.8 Å². The molecule has 5 nitrogen and oxygen atoms in total. The zero-order valence-electron chi connectivity index (χ0n) is 15.5. The first-order valence-corrected chi connectivity index (χ1v) is 9.16. The van der Waals surface area contributed by atoms with Crippen LogP contribution in [-0.4, -0.2) is 41.6 Å². The summed E-state index contributed by atoms with van der Waals surface area (Å²) < 4.78 is 39.7. The average molecular weight is 383 g/mol. The molecule has 0 unspecified atom stereocenters. The van der Waals surface area contributed by atoms with Gasteiger partial charge in [0.15, 0.2) is 0 Å². The summed E-state index contributed by atoms with van der Waals surface area (Å²) in [5.41, 5.74) is -0.170. The van der Waals surface area contributed by atoms with E-state index in [-0.39, 0.29) is 18.9 Å². The van der Waals surface area contributed by atoms with Gasteiger partial charge in [-0.3, -0.25) is 4.79 Å². The summed E-state index contributed by atoms with van der Waals surface area (Å²) in [7, 11) is 0. The summed E-state index contributed by atoms with van der Waals surface area (Å²) >= 11 is 0. The Morgan fingerprint density at radius 1 is 1.22 bits per heavy atom. The molecule has 0 bridgehead atoms. The number of urea groups is 1. The van der Waals surface area contributed by atoms with Gasteiger partial charge in [-0.25, -0.2) is 4.79 Å². The Morgan fingerprint density at radius 2 is 1.96 bits per heavy atom. The van der Waals surface area contributed by atoms with Crippen molar-refractivity contribution in [3.8, 4) is 0 Å². The molecule has 2 heterocycles. The SMILES string of the molecule is CC1(C)[C@@H](C(F)(F)F)CCN1C(=O)Nc1cccc(N2CCCCC2=O)c1. The van der Waals surface area contributed by atoms with Crippen molar-refractivity contribution < 1.29 is 22.8 Å². The number of halogens is 3. The molecule has 0 aliphatic carbocycles. The Kier molecular flexibility index (Phi) is 5.10. The molecule has 0 saturated carbocycles. The summed E-state index contributed by atoms with van der Waals surface area (Å²) in [5.74, 6) is -1.51. The molecule has 3 rings (SSSR count). The van der Waals surface area contributed by atoms with Gasteiger partial charge >= 0.3 is 12.2 Å². The van der Waals surface area contributed by atoms with Gasteiger partial charge in [0.05, 0.1) is 11.5 Å². The minimum atomic E-state index is -4.34. The number of rotatable bonds is 2. The van der Waals surface area contributed by atoms with E-state index < -0.39 is 23.7 Å². The number of amides is 3. The van der Waals surface area contributed by atoms with E-state index in [1.165, 1.54) is 18.7 Å². The van der Waals surface area contributed by atoms with E-state index in [4.69, 9.17) is 0 Å². The van der Waals surface area contributed by atoms with Crippen LogP contribution in [0.2, 0.25) is 0 Å². The maximum Gasteiger partial charge on any atom is 0.394 e. The highest BCUT2D eigenvalue weighted by molar-refractivity contribution is 5.96. The van der Waals surface area contributed by atoms with Crippen LogP contribution in [0.25, 0.3) is 0 Å². The average Bonchev–Trinajstić information content (AvgIpc) is 2.90. The van der Waals surface area contributed by atoms with Crippen molar-refractivity contribution in [1.82, 2.24) is 4.90 Å². The molecular formula is C19H24F3N3O2. The number of hydrogen-bond acceptors (Lipinski definition) is 2. The lowest BCUT2D eigenvalue weighted by molar-refractivity contribution is -0.189. The first-order chi connectivity index (χ1) is 12.6. The molecule has 1 aromatic carbocycles. The number of benzene rings is 1. The Balaban J connectivity index is 1.73. The van der Waals surface area contributed by atoms with E-state index in [1.54, 1.807) is 29.2 Å². The third-order valence-corrected chi connectivity index (χ3v) is 5.56. The van der Waals surface area contributed by atoms with Crippen molar-refractivity contribution in [3.63, 3.8) is 0 Å². The van der Waals surface area contributed by atoms with Crippen molar-refractivity contribution >= 4 is 23.3 Å². The highest BCUT2D eigenvalue weighted by Crippen LogP contribution is 2.44. The van der Waals surface area contributed by atoms with Crippen LogP contribution < -0.4 is 10.2 Å². The van der Waals surface area contributed by atoms with Gasteiger partial charge < -0.3 is 15.1 Å². The number of nitrogens with zero attached hydrogens (tertiary/aromatic N) is 2. The van der Waals surface area contributed by atoms with Gasteiger partial charge in [0, 0.05) is 30.9 Å². The molecule has 1 aromatic rings. The second-order valence-corrected chi connectivity index (χ2v) is 7.67. The van der Waals surface area contributed by atoms with Crippen molar-refractivity contribution in [1.29, 1.82) is 0 Å². The molecule has 148 valence electrons. The fraction of sp³-hybridized carbons (Fsp3) is 0.579. The molecule has 27 heavy (non-hydrogen) atoms. The number of hydrogen-bond donors (Lipinski definition) is 1. The van der Waals surface area contributed by atoms with Crippen LogP contribution >= 0.6 is 0 Å². The van der Waals surface area contributed by atoms with E-state index in [0.29, 0.717) is 24.3 Å². The monoisotopic (exact) mass is 383 g/mol. The number of alkyl halides is 3. The second-order valence-electron chi connectivity index (χ2n) is 7.67. The predicted molar refractivity (Wildman–Crippen MR) is 96.6 cm³/mol. The van der Waals surface area contributed by atoms with Gasteiger partial charge in [-0.05, 0) is 51.3 Å². The van der Waals surface area contributed by atoms with Crippen LogP contribution in [0.3, 0.4) is 0 Å². The van der Waals surface area contributed by atoms with Crippen LogP contribution in [0.5, 0.6) is 0 Å². The summed E-state index contributed by atoms with van der Waals surface area (Å²) in [6, 6.07) is 6.30. The van der Waals surface area contributed by atoms with Gasteiger partial charge in [-0.15, -0.1) is 0 Å². The molecule has 2 fully saturated rings. The van der Waals surface area contributed by atoms with Gasteiger partial charge in [-0.2, -0.15) is 13.2 Å². The minimum absolute atomic E-state index is 0.0402. The zero-order chi connectivity index (χ0) is 19.8. The molecule has 0 aromatic heterocycles. The molecular weight excluding hydrogens is 359 g/mol. The predicted octanol–water partition coefficient (Wildman–Crippen LogP) is 4.40. The van der Waals surface area contributed by atoms with E-state index in [2.05, 4.69) is 5.32 Å². The summed E-state index contributed by atoms with van der Waals surface area (Å²) in [6.45, 7) is 3.57. The minimum Gasteiger partial charge on any atom is -0.319 e. The van der Waals surface area contributed by atoms with Crippen molar-refractivity contribution in [2.75, 3.05) is 23.3 Å². The Bertz CT molecular complexity index is 733. The lowest BCUT2D eigenvalue weighted by Crippen LogP contribution is -2.51. The van der Waals surface area contributed by atoms with Crippen LogP contribution in [0, 0.1) is 5.92 Å². The number of likely N-dealkylation sites (tertiary alicyclic amines) is 1. The molecule has 2 saturated heterocycles. The smallest absolute Gasteiger partial charge is 0.319 e. The van der Waals surface area contributed by atoms with E-state index in [0.717, 1.165) is 12.8 Å². The molecule has 1 atom stereocenters. The van der Waals surface area contributed by atoms with Gasteiger partial charge in [0.25, 0.3) is 0 Å². The van der Waals surface area contributed by atoms with Crippen molar-refractivity contribution in [3.05, 3.63) is 24.3 Å². The fourth-order valence-electron chi connectivity index (χ4n) is 4.04. The van der Waals surface area contributed by atoms with Crippen LogP contribution in [0.1, 0.15) is 39.5 Å². The van der Waals surface area contributed by atoms with Gasteiger partial charge in [0.2, 0.25) is 5.91 Å². The standard InChI is InChI=1S/C19H24F3N3O2/c1-18(2)15(19(20,21)22)9-11-25(18)17(27)23-13-6-5-7-14(12-13)24-10-4-3-8-16(24)26/h5-7,12,15H,3-4,8-11H2,1-2H3,(H,23,27)/t15-/m0/s1. The highest BCUT2D eigenvalue weighted by atomic mass is 19.4. The third-order valence-electron chi connectivity index (χ3n) is 5.56. The molecule has 3 amide bonds. The fourth-order valence-corrected chi connectivity index (χ4v) is 4.04. The zero-order valence-corrected chi connectivity index (χ0v) is 15.5. The largest absolute Gasteiger partial charge is 0.394 e. The van der Waals surface area contributed by atoms with Crippen LogP contribution in [0.4, 0.5) is 29.3 Å². The number of anilines is 2. The van der Waals surface area contributed by atoms with Gasteiger partial charge in [-0.1, -0.05) is 6.07 Å². The number of nitrogens with one attached hydrogen (secondary N) is 1. The first kappa shape index (κ1) is 19.5. The lowest BCUT2D eigenvalue weighted by Gasteiger charge is -2.36. The van der Waals surface area contributed by atoms with E-state index >= 15 is 0 Å². The normalized spacial score (nSPS) is 22.9. The molecule has 2 aliphatic heterocycles. The summed E-state index contributed by atoms with van der Waals surface area (Å²) in [6.07, 6.45) is -2.16. The van der Waals surface area contributed by atoms with Gasteiger partial charge in [0.1, 0.15) is 0 Å². The molecule has 0 radical (unpaired) electrons. The quantitative estimate of drug-likeness (QED) is 0.823. The number of piperidine rings is 1. The Labute approximate surface area is 156 Å². The topological polar surface area (TPSA) is 52.7 Å². The summed E-state index contributed by atoms with van der Waals surface area (Å²) in [4.78, 5) is 27.6.